The summed E-state index contributed by atoms with van der Waals surface area (Å²) >= 11 is 1.34. The molecule has 2 aromatic rings. The van der Waals surface area contributed by atoms with Crippen LogP contribution in [0.15, 0.2) is 18.2 Å². The topological polar surface area (TPSA) is 76.1 Å². The molecular formula is C16H20N4O2S. The summed E-state index contributed by atoms with van der Waals surface area (Å²) in [6.07, 6.45) is 2.21. The number of hydrogen-bond donors (Lipinski definition) is 2. The van der Waals surface area contributed by atoms with E-state index in [-0.39, 0.29) is 12.0 Å². The Labute approximate surface area is 139 Å². The van der Waals surface area contributed by atoms with Crippen LogP contribution in [0, 0.1) is 13.8 Å². The van der Waals surface area contributed by atoms with Crippen molar-refractivity contribution in [3.8, 4) is 0 Å². The number of carbonyl (C=O) groups is 1. The molecule has 0 bridgehead atoms. The summed E-state index contributed by atoms with van der Waals surface area (Å²) < 4.78 is 5.52. The van der Waals surface area contributed by atoms with E-state index in [1.165, 1.54) is 11.3 Å². The fourth-order valence-corrected chi connectivity index (χ4v) is 3.36. The maximum absolute atomic E-state index is 12.3. The number of aryl methyl sites for hydroxylation is 2. The molecule has 2 aromatic heterocycles. The molecule has 0 unspecified atom stereocenters. The highest BCUT2D eigenvalue weighted by Crippen LogP contribution is 2.25. The van der Waals surface area contributed by atoms with Gasteiger partial charge in [-0.05, 0) is 38.8 Å². The quantitative estimate of drug-likeness (QED) is 0.880. The monoisotopic (exact) mass is 332 g/mol. The van der Waals surface area contributed by atoms with Gasteiger partial charge in [-0.3, -0.25) is 4.79 Å². The molecule has 1 fully saturated rings. The molecule has 2 N–H and O–H groups in total. The number of anilines is 2. The third-order valence-corrected chi connectivity index (χ3v) is 4.71. The molecule has 1 amide bonds. The summed E-state index contributed by atoms with van der Waals surface area (Å²) in [5.74, 6) is 0.630. The zero-order chi connectivity index (χ0) is 16.2. The van der Waals surface area contributed by atoms with Gasteiger partial charge in [0.25, 0.3) is 5.91 Å². The van der Waals surface area contributed by atoms with E-state index in [0.29, 0.717) is 16.6 Å². The largest absolute Gasteiger partial charge is 0.376 e. The van der Waals surface area contributed by atoms with E-state index in [9.17, 15) is 4.79 Å². The van der Waals surface area contributed by atoms with Gasteiger partial charge in [0.1, 0.15) is 10.7 Å². The fourth-order valence-electron chi connectivity index (χ4n) is 2.47. The summed E-state index contributed by atoms with van der Waals surface area (Å²) in [6.45, 7) is 5.12. The number of amides is 1. The molecule has 3 rings (SSSR count). The minimum absolute atomic E-state index is 0.0965. The average molecular weight is 332 g/mol. The van der Waals surface area contributed by atoms with Crippen molar-refractivity contribution in [2.24, 2.45) is 0 Å². The van der Waals surface area contributed by atoms with Crippen LogP contribution in [0.3, 0.4) is 0 Å². The second-order valence-electron chi connectivity index (χ2n) is 5.57. The zero-order valence-electron chi connectivity index (χ0n) is 13.3. The molecule has 0 radical (unpaired) electrons. The van der Waals surface area contributed by atoms with Crippen LogP contribution in [-0.4, -0.2) is 35.1 Å². The standard InChI is InChI=1S/C16H20N4O2S/c1-10-5-3-7-13(18-10)20-16-19-11(2)14(23-16)15(21)17-9-12-6-4-8-22-12/h3,5,7,12H,4,6,8-9H2,1-2H3,(H,17,21)(H,18,19,20)/t12-/m1/s1. The maximum atomic E-state index is 12.3. The Morgan fingerprint density at radius 1 is 1.39 bits per heavy atom. The number of pyridine rings is 1. The zero-order valence-corrected chi connectivity index (χ0v) is 14.1. The molecule has 1 atom stereocenters. The van der Waals surface area contributed by atoms with Crippen molar-refractivity contribution in [3.05, 3.63) is 34.5 Å². The molecule has 0 saturated carbocycles. The third-order valence-electron chi connectivity index (χ3n) is 3.64. The van der Waals surface area contributed by atoms with Crippen LogP contribution in [0.5, 0.6) is 0 Å². The van der Waals surface area contributed by atoms with Crippen LogP contribution >= 0.6 is 11.3 Å². The second kappa shape index (κ2) is 7.06. The highest BCUT2D eigenvalue weighted by Gasteiger charge is 2.19. The Morgan fingerprint density at radius 3 is 3.00 bits per heavy atom. The van der Waals surface area contributed by atoms with Gasteiger partial charge in [0.2, 0.25) is 0 Å². The number of nitrogens with one attached hydrogen (secondary N) is 2. The third kappa shape index (κ3) is 4.05. The smallest absolute Gasteiger partial charge is 0.263 e. The number of rotatable bonds is 5. The normalized spacial score (nSPS) is 17.2. The minimum atomic E-state index is -0.0965. The van der Waals surface area contributed by atoms with Crippen molar-refractivity contribution in [2.45, 2.75) is 32.8 Å². The Bertz CT molecular complexity index is 695. The molecule has 23 heavy (non-hydrogen) atoms. The lowest BCUT2D eigenvalue weighted by Gasteiger charge is -2.09. The molecule has 0 aliphatic carbocycles. The van der Waals surface area contributed by atoms with Crippen molar-refractivity contribution >= 4 is 28.2 Å². The van der Waals surface area contributed by atoms with E-state index in [1.807, 2.05) is 32.0 Å². The van der Waals surface area contributed by atoms with Crippen LogP contribution in [0.4, 0.5) is 10.9 Å². The highest BCUT2D eigenvalue weighted by molar-refractivity contribution is 7.17. The van der Waals surface area contributed by atoms with E-state index in [4.69, 9.17) is 4.74 Å². The number of hydrogen-bond acceptors (Lipinski definition) is 6. The van der Waals surface area contributed by atoms with Gasteiger partial charge < -0.3 is 15.4 Å². The lowest BCUT2D eigenvalue weighted by Crippen LogP contribution is -2.31. The molecule has 1 aliphatic heterocycles. The minimum Gasteiger partial charge on any atom is -0.376 e. The molecule has 0 spiro atoms. The van der Waals surface area contributed by atoms with Crippen molar-refractivity contribution in [2.75, 3.05) is 18.5 Å². The Kier molecular flexibility index (Phi) is 4.88. The lowest BCUT2D eigenvalue weighted by atomic mass is 10.2. The van der Waals surface area contributed by atoms with E-state index in [1.54, 1.807) is 0 Å². The van der Waals surface area contributed by atoms with Crippen molar-refractivity contribution < 1.29 is 9.53 Å². The predicted octanol–water partition coefficient (Wildman–Crippen LogP) is 2.81. The number of thiazole rings is 1. The molecule has 122 valence electrons. The van der Waals surface area contributed by atoms with Crippen molar-refractivity contribution in [3.63, 3.8) is 0 Å². The Balaban J connectivity index is 1.64. The average Bonchev–Trinajstić information content (AvgIpc) is 3.14. The Morgan fingerprint density at radius 2 is 2.26 bits per heavy atom. The van der Waals surface area contributed by atoms with Crippen LogP contribution in [0.25, 0.3) is 0 Å². The molecular weight excluding hydrogens is 312 g/mol. The molecule has 7 heteroatoms. The summed E-state index contributed by atoms with van der Waals surface area (Å²) in [7, 11) is 0. The molecule has 1 aliphatic rings. The van der Waals surface area contributed by atoms with Gasteiger partial charge in [0.15, 0.2) is 5.13 Å². The van der Waals surface area contributed by atoms with Crippen molar-refractivity contribution in [1.82, 2.24) is 15.3 Å². The number of nitrogens with zero attached hydrogens (tertiary/aromatic N) is 2. The Hall–Kier alpha value is -1.99. The van der Waals surface area contributed by atoms with E-state index in [2.05, 4.69) is 20.6 Å². The summed E-state index contributed by atoms with van der Waals surface area (Å²) in [4.78, 5) is 21.7. The van der Waals surface area contributed by atoms with Crippen LogP contribution in [0.2, 0.25) is 0 Å². The molecule has 6 nitrogen and oxygen atoms in total. The fraction of sp³-hybridized carbons (Fsp3) is 0.438. The van der Waals surface area contributed by atoms with E-state index < -0.39 is 0 Å². The van der Waals surface area contributed by atoms with Crippen LogP contribution in [0.1, 0.15) is 33.9 Å². The van der Waals surface area contributed by atoms with Crippen LogP contribution < -0.4 is 10.6 Å². The predicted molar refractivity (Wildman–Crippen MR) is 90.4 cm³/mol. The van der Waals surface area contributed by atoms with Crippen molar-refractivity contribution in [1.29, 1.82) is 0 Å². The van der Waals surface area contributed by atoms with E-state index in [0.717, 1.165) is 36.7 Å². The van der Waals surface area contributed by atoms with Gasteiger partial charge in [0.05, 0.1) is 11.8 Å². The first kappa shape index (κ1) is 15.9. The number of carbonyl (C=O) groups excluding carboxylic acids is 1. The van der Waals surface area contributed by atoms with Gasteiger partial charge in [-0.15, -0.1) is 0 Å². The summed E-state index contributed by atoms with van der Waals surface area (Å²) in [6, 6.07) is 5.74. The van der Waals surface area contributed by atoms with Gasteiger partial charge in [-0.25, -0.2) is 9.97 Å². The first-order chi connectivity index (χ1) is 11.1. The molecule has 1 saturated heterocycles. The second-order valence-corrected chi connectivity index (χ2v) is 6.57. The van der Waals surface area contributed by atoms with Crippen LogP contribution in [-0.2, 0) is 4.74 Å². The number of ether oxygens (including phenoxy) is 1. The summed E-state index contributed by atoms with van der Waals surface area (Å²) in [5, 5.41) is 6.75. The van der Waals surface area contributed by atoms with Gasteiger partial charge in [-0.1, -0.05) is 17.4 Å². The van der Waals surface area contributed by atoms with Gasteiger partial charge in [-0.2, -0.15) is 0 Å². The van der Waals surface area contributed by atoms with Gasteiger partial charge >= 0.3 is 0 Å². The highest BCUT2D eigenvalue weighted by atomic mass is 32.1. The van der Waals surface area contributed by atoms with Gasteiger partial charge in [0, 0.05) is 18.8 Å². The molecule has 0 aromatic carbocycles. The van der Waals surface area contributed by atoms with E-state index >= 15 is 0 Å². The molecule has 3 heterocycles. The first-order valence-electron chi connectivity index (χ1n) is 7.70. The number of aromatic nitrogens is 2. The maximum Gasteiger partial charge on any atom is 0.263 e. The lowest BCUT2D eigenvalue weighted by molar-refractivity contribution is 0.0860. The summed E-state index contributed by atoms with van der Waals surface area (Å²) in [5.41, 5.74) is 1.65. The SMILES string of the molecule is Cc1cccc(Nc2nc(C)c(C(=O)NC[C@H]3CCCO3)s2)n1. The first-order valence-corrected chi connectivity index (χ1v) is 8.51.